The highest BCUT2D eigenvalue weighted by atomic mass is 16.6. The van der Waals surface area contributed by atoms with Gasteiger partial charge in [0.05, 0.1) is 5.41 Å². The highest BCUT2D eigenvalue weighted by molar-refractivity contribution is 5.93. The van der Waals surface area contributed by atoms with Gasteiger partial charge in [-0.2, -0.15) is 0 Å². The lowest BCUT2D eigenvalue weighted by atomic mass is 9.78. The Morgan fingerprint density at radius 3 is 2.75 bits per heavy atom. The fourth-order valence-electron chi connectivity index (χ4n) is 4.62. The van der Waals surface area contributed by atoms with Gasteiger partial charge in [-0.25, -0.2) is 0 Å². The number of aryl methyl sites for hydroxylation is 1. The predicted octanol–water partition coefficient (Wildman–Crippen LogP) is 2.61. The first-order valence-corrected chi connectivity index (χ1v) is 10.1. The number of piperidine rings is 1. The Labute approximate surface area is 166 Å². The van der Waals surface area contributed by atoms with Crippen molar-refractivity contribution in [1.82, 2.24) is 9.80 Å². The number of carbonyl (C=O) groups is 2. The molecule has 0 radical (unpaired) electrons. The second kappa shape index (κ2) is 7.49. The fourth-order valence-corrected chi connectivity index (χ4v) is 4.62. The Balaban J connectivity index is 1.47. The Kier molecular flexibility index (Phi) is 5.04. The standard InChI is InChI=1S/C22H28N2O4/c1-16-5-3-6-18(13-16)14-23-9-4-7-22(21(23)26)8-10-24(15-22)20(25)19-17(2)27-11-12-28-19/h3,5-6,13H,4,7-12,14-15H2,1-2H3/t22-/m1/s1. The van der Waals surface area contributed by atoms with Crippen LogP contribution in [0.2, 0.25) is 0 Å². The molecule has 2 saturated heterocycles. The van der Waals surface area contributed by atoms with Crippen molar-refractivity contribution in [3.8, 4) is 0 Å². The zero-order valence-electron chi connectivity index (χ0n) is 16.7. The number of rotatable bonds is 3. The molecule has 0 aromatic heterocycles. The van der Waals surface area contributed by atoms with Crippen molar-refractivity contribution in [2.24, 2.45) is 5.41 Å². The molecule has 4 rings (SSSR count). The van der Waals surface area contributed by atoms with Crippen LogP contribution >= 0.6 is 0 Å². The van der Waals surface area contributed by atoms with Crippen LogP contribution in [0.1, 0.15) is 37.3 Å². The number of ether oxygens (including phenoxy) is 2. The fraction of sp³-hybridized carbons (Fsp3) is 0.545. The van der Waals surface area contributed by atoms with Crippen LogP contribution in [0.25, 0.3) is 0 Å². The third kappa shape index (κ3) is 3.48. The van der Waals surface area contributed by atoms with Gasteiger partial charge in [-0.3, -0.25) is 9.59 Å². The van der Waals surface area contributed by atoms with E-state index in [0.717, 1.165) is 31.4 Å². The van der Waals surface area contributed by atoms with E-state index >= 15 is 0 Å². The maximum Gasteiger partial charge on any atom is 0.292 e. The summed E-state index contributed by atoms with van der Waals surface area (Å²) in [4.78, 5) is 30.0. The van der Waals surface area contributed by atoms with E-state index in [0.29, 0.717) is 44.4 Å². The molecule has 2 fully saturated rings. The molecule has 6 nitrogen and oxygen atoms in total. The SMILES string of the molecule is CC1=C(C(=O)N2CC[C@]3(CCCN(Cc4cccc(C)c4)C3=O)C2)OCCO1. The van der Waals surface area contributed by atoms with E-state index in [2.05, 4.69) is 25.1 Å². The lowest BCUT2D eigenvalue weighted by molar-refractivity contribution is -0.147. The second-order valence-corrected chi connectivity index (χ2v) is 8.16. The van der Waals surface area contributed by atoms with Gasteiger partial charge in [-0.05, 0) is 38.7 Å². The summed E-state index contributed by atoms with van der Waals surface area (Å²) in [6.45, 7) is 7.16. The maximum absolute atomic E-state index is 13.4. The molecule has 1 aromatic carbocycles. The van der Waals surface area contributed by atoms with Crippen LogP contribution in [0, 0.1) is 12.3 Å². The van der Waals surface area contributed by atoms with Crippen LogP contribution in [0.4, 0.5) is 0 Å². The molecule has 3 aliphatic heterocycles. The van der Waals surface area contributed by atoms with Crippen molar-refractivity contribution in [1.29, 1.82) is 0 Å². The average Bonchev–Trinajstić information content (AvgIpc) is 3.11. The molecule has 1 aromatic rings. The van der Waals surface area contributed by atoms with Gasteiger partial charge < -0.3 is 19.3 Å². The van der Waals surface area contributed by atoms with E-state index in [1.165, 1.54) is 5.56 Å². The zero-order valence-corrected chi connectivity index (χ0v) is 16.7. The number of carbonyl (C=O) groups excluding carboxylic acids is 2. The van der Waals surface area contributed by atoms with Gasteiger partial charge in [0.25, 0.3) is 5.91 Å². The largest absolute Gasteiger partial charge is 0.491 e. The minimum absolute atomic E-state index is 0.155. The van der Waals surface area contributed by atoms with Crippen molar-refractivity contribution < 1.29 is 19.1 Å². The van der Waals surface area contributed by atoms with Gasteiger partial charge >= 0.3 is 0 Å². The molecule has 3 aliphatic rings. The Hall–Kier alpha value is -2.50. The van der Waals surface area contributed by atoms with Crippen molar-refractivity contribution in [3.05, 3.63) is 46.9 Å². The van der Waals surface area contributed by atoms with Gasteiger partial charge in [0.2, 0.25) is 11.7 Å². The Bertz CT molecular complexity index is 819. The van der Waals surface area contributed by atoms with Crippen LogP contribution in [-0.4, -0.2) is 54.5 Å². The van der Waals surface area contributed by atoms with E-state index in [1.807, 2.05) is 11.0 Å². The molecule has 0 bridgehead atoms. The maximum atomic E-state index is 13.4. The highest BCUT2D eigenvalue weighted by Crippen LogP contribution is 2.41. The van der Waals surface area contributed by atoms with E-state index in [4.69, 9.17) is 9.47 Å². The molecule has 0 saturated carbocycles. The average molecular weight is 384 g/mol. The zero-order chi connectivity index (χ0) is 19.7. The normalized spacial score (nSPS) is 25.1. The first-order valence-electron chi connectivity index (χ1n) is 10.1. The van der Waals surface area contributed by atoms with Gasteiger partial charge in [0.1, 0.15) is 19.0 Å². The minimum atomic E-state index is -0.457. The van der Waals surface area contributed by atoms with Crippen molar-refractivity contribution in [3.63, 3.8) is 0 Å². The number of amides is 2. The molecule has 1 spiro atoms. The molecular weight excluding hydrogens is 356 g/mol. The predicted molar refractivity (Wildman–Crippen MR) is 104 cm³/mol. The summed E-state index contributed by atoms with van der Waals surface area (Å²) in [5, 5.41) is 0. The van der Waals surface area contributed by atoms with E-state index in [9.17, 15) is 9.59 Å². The first-order chi connectivity index (χ1) is 13.5. The van der Waals surface area contributed by atoms with Crippen molar-refractivity contribution in [2.45, 2.75) is 39.7 Å². The first kappa shape index (κ1) is 18.8. The van der Waals surface area contributed by atoms with E-state index < -0.39 is 5.41 Å². The van der Waals surface area contributed by atoms with Gasteiger partial charge in [0, 0.05) is 26.2 Å². The molecular formula is C22H28N2O4. The van der Waals surface area contributed by atoms with Crippen molar-refractivity contribution in [2.75, 3.05) is 32.8 Å². The van der Waals surface area contributed by atoms with Crippen LogP contribution in [0.3, 0.4) is 0 Å². The minimum Gasteiger partial charge on any atom is -0.491 e. The number of benzene rings is 1. The van der Waals surface area contributed by atoms with E-state index in [1.54, 1.807) is 11.8 Å². The lowest BCUT2D eigenvalue weighted by Gasteiger charge is -2.39. The molecule has 0 aliphatic carbocycles. The summed E-state index contributed by atoms with van der Waals surface area (Å²) in [5.41, 5.74) is 1.90. The van der Waals surface area contributed by atoms with Crippen LogP contribution in [0.5, 0.6) is 0 Å². The topological polar surface area (TPSA) is 59.1 Å². The number of nitrogens with zero attached hydrogens (tertiary/aromatic N) is 2. The highest BCUT2D eigenvalue weighted by Gasteiger charge is 2.50. The molecule has 0 unspecified atom stereocenters. The molecule has 150 valence electrons. The summed E-state index contributed by atoms with van der Waals surface area (Å²) < 4.78 is 11.0. The van der Waals surface area contributed by atoms with Gasteiger partial charge in [0.15, 0.2) is 0 Å². The second-order valence-electron chi connectivity index (χ2n) is 8.16. The number of hydrogen-bond donors (Lipinski definition) is 0. The molecule has 2 amide bonds. The van der Waals surface area contributed by atoms with Crippen molar-refractivity contribution >= 4 is 11.8 Å². The Morgan fingerprint density at radius 2 is 1.96 bits per heavy atom. The van der Waals surface area contributed by atoms with Crippen LogP contribution in [-0.2, 0) is 25.6 Å². The number of allylic oxidation sites excluding steroid dienone is 1. The summed E-state index contributed by atoms with van der Waals surface area (Å²) in [7, 11) is 0. The molecule has 3 heterocycles. The number of hydrogen-bond acceptors (Lipinski definition) is 4. The summed E-state index contributed by atoms with van der Waals surface area (Å²) in [6, 6.07) is 8.31. The number of likely N-dealkylation sites (tertiary alicyclic amines) is 2. The molecule has 28 heavy (non-hydrogen) atoms. The molecule has 1 atom stereocenters. The third-order valence-electron chi connectivity index (χ3n) is 6.08. The lowest BCUT2D eigenvalue weighted by Crippen LogP contribution is -2.50. The van der Waals surface area contributed by atoms with Gasteiger partial charge in [-0.1, -0.05) is 29.8 Å². The quantitative estimate of drug-likeness (QED) is 0.804. The van der Waals surface area contributed by atoms with Crippen LogP contribution < -0.4 is 0 Å². The smallest absolute Gasteiger partial charge is 0.292 e. The molecule has 6 heteroatoms. The van der Waals surface area contributed by atoms with E-state index in [-0.39, 0.29) is 11.8 Å². The Morgan fingerprint density at radius 1 is 1.14 bits per heavy atom. The molecule has 0 N–H and O–H groups in total. The summed E-state index contributed by atoms with van der Waals surface area (Å²) in [6.07, 6.45) is 2.53. The third-order valence-corrected chi connectivity index (χ3v) is 6.08. The summed E-state index contributed by atoms with van der Waals surface area (Å²) in [5.74, 6) is 0.858. The van der Waals surface area contributed by atoms with Crippen LogP contribution in [0.15, 0.2) is 35.8 Å². The monoisotopic (exact) mass is 384 g/mol. The summed E-state index contributed by atoms with van der Waals surface area (Å²) >= 11 is 0. The van der Waals surface area contributed by atoms with Gasteiger partial charge in [-0.15, -0.1) is 0 Å².